The highest BCUT2D eigenvalue weighted by atomic mass is 19.2. The molecule has 1 N–H and O–H groups in total. The van der Waals surface area contributed by atoms with Crippen molar-refractivity contribution in [1.29, 1.82) is 0 Å². The molecule has 1 atom stereocenters. The third-order valence-electron chi connectivity index (χ3n) is 2.69. The second-order valence-electron chi connectivity index (χ2n) is 3.87. The van der Waals surface area contributed by atoms with Gasteiger partial charge in [-0.3, -0.25) is 4.79 Å². The Bertz CT molecular complexity index is 422. The lowest BCUT2D eigenvalue weighted by molar-refractivity contribution is -0.127. The van der Waals surface area contributed by atoms with Crippen LogP contribution in [-0.2, 0) is 4.79 Å². The van der Waals surface area contributed by atoms with Crippen molar-refractivity contribution in [3.63, 3.8) is 0 Å². The van der Waals surface area contributed by atoms with Crippen molar-refractivity contribution in [1.82, 2.24) is 4.90 Å². The summed E-state index contributed by atoms with van der Waals surface area (Å²) in [7, 11) is 1.72. The van der Waals surface area contributed by atoms with E-state index in [4.69, 9.17) is 0 Å². The lowest BCUT2D eigenvalue weighted by atomic mass is 10.2. The van der Waals surface area contributed by atoms with Crippen LogP contribution in [0.5, 0.6) is 0 Å². The van der Waals surface area contributed by atoms with Gasteiger partial charge in [-0.2, -0.15) is 0 Å². The molecule has 1 aliphatic heterocycles. The molecule has 0 spiro atoms. The third-order valence-corrected chi connectivity index (χ3v) is 2.69. The van der Waals surface area contributed by atoms with Crippen molar-refractivity contribution in [3.05, 3.63) is 29.8 Å². The minimum atomic E-state index is -0.913. The molecule has 1 fully saturated rings. The highest BCUT2D eigenvalue weighted by Gasteiger charge is 2.28. The first-order valence-electron chi connectivity index (χ1n) is 5.04. The van der Waals surface area contributed by atoms with Gasteiger partial charge in [-0.15, -0.1) is 0 Å². The lowest BCUT2D eigenvalue weighted by Gasteiger charge is -2.13. The molecule has 1 saturated heterocycles. The van der Waals surface area contributed by atoms with Gasteiger partial charge in [0.25, 0.3) is 0 Å². The molecule has 5 heteroatoms. The summed E-state index contributed by atoms with van der Waals surface area (Å²) in [6.45, 7) is 0.681. The fourth-order valence-corrected chi connectivity index (χ4v) is 1.74. The van der Waals surface area contributed by atoms with Gasteiger partial charge in [0, 0.05) is 25.3 Å². The molecule has 1 unspecified atom stereocenters. The van der Waals surface area contributed by atoms with Gasteiger partial charge in [0.1, 0.15) is 6.04 Å². The SMILES string of the molecule is CN1CCC(Nc2ccc(F)c(F)c2)C1=O. The van der Waals surface area contributed by atoms with Crippen LogP contribution in [0.4, 0.5) is 14.5 Å². The molecule has 0 bridgehead atoms. The van der Waals surface area contributed by atoms with Gasteiger partial charge in [0.15, 0.2) is 11.6 Å². The molecule has 0 aliphatic carbocycles. The number of carbonyl (C=O) groups is 1. The van der Waals surface area contributed by atoms with Crippen molar-refractivity contribution >= 4 is 11.6 Å². The van der Waals surface area contributed by atoms with Crippen LogP contribution in [0.25, 0.3) is 0 Å². The summed E-state index contributed by atoms with van der Waals surface area (Å²) in [6, 6.07) is 3.18. The first kappa shape index (κ1) is 10.9. The van der Waals surface area contributed by atoms with Crippen molar-refractivity contribution < 1.29 is 13.6 Å². The summed E-state index contributed by atoms with van der Waals surface area (Å²) in [5.41, 5.74) is 0.424. The van der Waals surface area contributed by atoms with Crippen LogP contribution in [0.2, 0.25) is 0 Å². The molecule has 0 aromatic heterocycles. The molecule has 1 amide bonds. The molecule has 3 nitrogen and oxygen atoms in total. The summed E-state index contributed by atoms with van der Waals surface area (Å²) >= 11 is 0. The molecule has 16 heavy (non-hydrogen) atoms. The Balaban J connectivity index is 2.10. The molecule has 86 valence electrons. The third kappa shape index (κ3) is 1.98. The highest BCUT2D eigenvalue weighted by molar-refractivity contribution is 5.86. The first-order chi connectivity index (χ1) is 7.58. The van der Waals surface area contributed by atoms with E-state index in [-0.39, 0.29) is 11.9 Å². The Kier molecular flexibility index (Phi) is 2.77. The number of hydrogen-bond acceptors (Lipinski definition) is 2. The standard InChI is InChI=1S/C11H12F2N2O/c1-15-5-4-10(11(15)16)14-7-2-3-8(12)9(13)6-7/h2-3,6,10,14H,4-5H2,1H3. The van der Waals surface area contributed by atoms with Crippen LogP contribution in [0.1, 0.15) is 6.42 Å². The maximum atomic E-state index is 12.9. The Hall–Kier alpha value is -1.65. The number of benzene rings is 1. The monoisotopic (exact) mass is 226 g/mol. The van der Waals surface area contributed by atoms with Crippen LogP contribution < -0.4 is 5.32 Å². The van der Waals surface area contributed by atoms with Crippen molar-refractivity contribution in [2.24, 2.45) is 0 Å². The second kappa shape index (κ2) is 4.08. The highest BCUT2D eigenvalue weighted by Crippen LogP contribution is 2.18. The van der Waals surface area contributed by atoms with Gasteiger partial charge in [-0.05, 0) is 18.6 Å². The number of carbonyl (C=O) groups excluding carboxylic acids is 1. The van der Waals surface area contributed by atoms with E-state index in [0.717, 1.165) is 12.1 Å². The Morgan fingerprint density at radius 1 is 1.38 bits per heavy atom. The summed E-state index contributed by atoms with van der Waals surface area (Å²) in [5.74, 6) is -1.83. The van der Waals surface area contributed by atoms with E-state index >= 15 is 0 Å². The van der Waals surface area contributed by atoms with E-state index in [0.29, 0.717) is 18.7 Å². The summed E-state index contributed by atoms with van der Waals surface area (Å²) in [4.78, 5) is 13.2. The van der Waals surface area contributed by atoms with Gasteiger partial charge in [-0.1, -0.05) is 0 Å². The number of halogens is 2. The number of nitrogens with one attached hydrogen (secondary N) is 1. The fourth-order valence-electron chi connectivity index (χ4n) is 1.74. The number of hydrogen-bond donors (Lipinski definition) is 1. The Morgan fingerprint density at radius 2 is 2.12 bits per heavy atom. The van der Waals surface area contributed by atoms with Crippen LogP contribution in [0.3, 0.4) is 0 Å². The van der Waals surface area contributed by atoms with Gasteiger partial charge in [0.2, 0.25) is 5.91 Å². The van der Waals surface area contributed by atoms with Crippen LogP contribution >= 0.6 is 0 Å². The van der Waals surface area contributed by atoms with E-state index in [1.807, 2.05) is 0 Å². The van der Waals surface area contributed by atoms with E-state index in [9.17, 15) is 13.6 Å². The van der Waals surface area contributed by atoms with Crippen molar-refractivity contribution in [2.75, 3.05) is 18.9 Å². The predicted octanol–water partition coefficient (Wildman–Crippen LogP) is 1.61. The molecule has 0 saturated carbocycles. The zero-order valence-electron chi connectivity index (χ0n) is 8.84. The number of nitrogens with zero attached hydrogens (tertiary/aromatic N) is 1. The maximum Gasteiger partial charge on any atom is 0.244 e. The average Bonchev–Trinajstić information content (AvgIpc) is 2.55. The average molecular weight is 226 g/mol. The van der Waals surface area contributed by atoms with Gasteiger partial charge < -0.3 is 10.2 Å². The van der Waals surface area contributed by atoms with Gasteiger partial charge in [0.05, 0.1) is 0 Å². The predicted molar refractivity (Wildman–Crippen MR) is 56.0 cm³/mol. The van der Waals surface area contributed by atoms with Gasteiger partial charge >= 0.3 is 0 Å². The normalized spacial score (nSPS) is 20.3. The Morgan fingerprint density at radius 3 is 2.69 bits per heavy atom. The van der Waals surface area contributed by atoms with Crippen LogP contribution in [0, 0.1) is 11.6 Å². The molecular weight excluding hydrogens is 214 g/mol. The summed E-state index contributed by atoms with van der Waals surface area (Å²) < 4.78 is 25.6. The van der Waals surface area contributed by atoms with Crippen LogP contribution in [0.15, 0.2) is 18.2 Å². The Labute approximate surface area is 92.1 Å². The first-order valence-corrected chi connectivity index (χ1v) is 5.04. The molecular formula is C11H12F2N2O. The number of amides is 1. The van der Waals surface area contributed by atoms with E-state index < -0.39 is 11.6 Å². The van der Waals surface area contributed by atoms with E-state index in [2.05, 4.69) is 5.32 Å². The number of likely N-dealkylation sites (tertiary alicyclic amines) is 1. The number of likely N-dealkylation sites (N-methyl/N-ethyl adjacent to an activating group) is 1. The van der Waals surface area contributed by atoms with Crippen LogP contribution in [-0.4, -0.2) is 30.4 Å². The zero-order valence-corrected chi connectivity index (χ0v) is 8.84. The number of anilines is 1. The lowest BCUT2D eigenvalue weighted by Crippen LogP contribution is -2.30. The van der Waals surface area contributed by atoms with Crippen molar-refractivity contribution in [3.8, 4) is 0 Å². The van der Waals surface area contributed by atoms with Gasteiger partial charge in [-0.25, -0.2) is 8.78 Å². The summed E-state index contributed by atoms with van der Waals surface area (Å²) in [6.07, 6.45) is 0.675. The van der Waals surface area contributed by atoms with E-state index in [1.165, 1.54) is 6.07 Å². The zero-order chi connectivity index (χ0) is 11.7. The maximum absolute atomic E-state index is 12.9. The molecule has 1 aliphatic rings. The molecule has 0 radical (unpaired) electrons. The fraction of sp³-hybridized carbons (Fsp3) is 0.364. The minimum absolute atomic E-state index is 0.0234. The summed E-state index contributed by atoms with van der Waals surface area (Å²) in [5, 5.41) is 2.89. The largest absolute Gasteiger partial charge is 0.374 e. The van der Waals surface area contributed by atoms with E-state index in [1.54, 1.807) is 11.9 Å². The second-order valence-corrected chi connectivity index (χ2v) is 3.87. The van der Waals surface area contributed by atoms with Crippen molar-refractivity contribution in [2.45, 2.75) is 12.5 Å². The number of rotatable bonds is 2. The molecule has 1 aromatic carbocycles. The minimum Gasteiger partial charge on any atom is -0.374 e. The topological polar surface area (TPSA) is 32.3 Å². The smallest absolute Gasteiger partial charge is 0.244 e. The quantitative estimate of drug-likeness (QED) is 0.830. The molecule has 1 aromatic rings. The molecule has 1 heterocycles. The molecule has 2 rings (SSSR count).